The Morgan fingerprint density at radius 3 is 2.81 bits per heavy atom. The number of aromatic nitrogens is 2. The number of anilines is 1. The van der Waals surface area contributed by atoms with Crippen molar-refractivity contribution < 1.29 is 4.74 Å². The van der Waals surface area contributed by atoms with Crippen LogP contribution >= 0.6 is 0 Å². The maximum Gasteiger partial charge on any atom is 0.203 e. The molecular formula is C12H23N3O. The summed E-state index contributed by atoms with van der Waals surface area (Å²) in [6, 6.07) is 0. The molecular weight excluding hydrogens is 202 g/mol. The molecule has 4 nitrogen and oxygen atoms in total. The lowest BCUT2D eigenvalue weighted by Crippen LogP contribution is -2.28. The molecule has 1 N–H and O–H groups in total. The van der Waals surface area contributed by atoms with Gasteiger partial charge in [0.2, 0.25) is 5.95 Å². The first kappa shape index (κ1) is 13.0. The number of nitrogens with zero attached hydrogens (tertiary/aromatic N) is 2. The number of rotatable bonds is 6. The Hall–Kier alpha value is -1.03. The molecule has 16 heavy (non-hydrogen) atoms. The van der Waals surface area contributed by atoms with Gasteiger partial charge >= 0.3 is 0 Å². The van der Waals surface area contributed by atoms with Gasteiger partial charge < -0.3 is 14.6 Å². The van der Waals surface area contributed by atoms with Crippen LogP contribution in [0.25, 0.3) is 0 Å². The van der Waals surface area contributed by atoms with Crippen molar-refractivity contribution in [3.8, 4) is 0 Å². The van der Waals surface area contributed by atoms with E-state index in [0.717, 1.165) is 32.1 Å². The highest BCUT2D eigenvalue weighted by Gasteiger charge is 2.12. The molecule has 1 rings (SSSR count). The highest BCUT2D eigenvalue weighted by molar-refractivity contribution is 5.29. The number of aryl methyl sites for hydroxylation is 1. The van der Waals surface area contributed by atoms with Crippen molar-refractivity contribution in [2.45, 2.75) is 46.2 Å². The Balaban J connectivity index is 2.44. The average Bonchev–Trinajstić information content (AvgIpc) is 2.58. The third-order valence-electron chi connectivity index (χ3n) is 2.09. The first-order valence-corrected chi connectivity index (χ1v) is 5.90. The van der Waals surface area contributed by atoms with Crippen LogP contribution in [-0.4, -0.2) is 28.3 Å². The quantitative estimate of drug-likeness (QED) is 0.756. The van der Waals surface area contributed by atoms with E-state index in [-0.39, 0.29) is 5.54 Å². The first-order valence-electron chi connectivity index (χ1n) is 5.90. The zero-order valence-electron chi connectivity index (χ0n) is 10.8. The van der Waals surface area contributed by atoms with Crippen LogP contribution in [0.1, 0.15) is 34.1 Å². The third kappa shape index (κ3) is 4.66. The molecule has 0 bridgehead atoms. The van der Waals surface area contributed by atoms with Crippen LogP contribution in [0.3, 0.4) is 0 Å². The summed E-state index contributed by atoms with van der Waals surface area (Å²) in [6.07, 6.45) is 4.85. The van der Waals surface area contributed by atoms with Crippen LogP contribution in [-0.2, 0) is 11.3 Å². The van der Waals surface area contributed by atoms with Crippen molar-refractivity contribution in [2.24, 2.45) is 0 Å². The van der Waals surface area contributed by atoms with E-state index in [4.69, 9.17) is 4.74 Å². The monoisotopic (exact) mass is 225 g/mol. The normalized spacial score (nSPS) is 11.8. The van der Waals surface area contributed by atoms with Gasteiger partial charge in [0, 0.05) is 37.7 Å². The molecule has 92 valence electrons. The molecule has 1 heterocycles. The van der Waals surface area contributed by atoms with Crippen LogP contribution in [0.15, 0.2) is 12.4 Å². The van der Waals surface area contributed by atoms with Crippen molar-refractivity contribution in [1.82, 2.24) is 9.55 Å². The molecule has 0 spiro atoms. The predicted octanol–water partition coefficient (Wildman–Crippen LogP) is 2.52. The van der Waals surface area contributed by atoms with Gasteiger partial charge in [-0.05, 0) is 34.1 Å². The van der Waals surface area contributed by atoms with E-state index in [1.807, 2.05) is 19.3 Å². The number of hydrogen-bond donors (Lipinski definition) is 1. The van der Waals surface area contributed by atoms with Gasteiger partial charge in [-0.15, -0.1) is 0 Å². The van der Waals surface area contributed by atoms with E-state index >= 15 is 0 Å². The van der Waals surface area contributed by atoms with Gasteiger partial charge in [-0.3, -0.25) is 0 Å². The second-order valence-electron chi connectivity index (χ2n) is 4.87. The molecule has 0 radical (unpaired) electrons. The molecule has 0 aliphatic carbocycles. The fraction of sp³-hybridized carbons (Fsp3) is 0.750. The standard InChI is InChI=1S/C12H23N3O/c1-5-16-10-6-8-15-9-7-13-11(15)14-12(2,3)4/h7,9H,5-6,8,10H2,1-4H3,(H,13,14). The molecule has 0 amide bonds. The van der Waals surface area contributed by atoms with Gasteiger partial charge in [-0.2, -0.15) is 0 Å². The van der Waals surface area contributed by atoms with Crippen LogP contribution in [0.5, 0.6) is 0 Å². The molecule has 0 atom stereocenters. The van der Waals surface area contributed by atoms with Crippen molar-refractivity contribution in [1.29, 1.82) is 0 Å². The fourth-order valence-electron chi connectivity index (χ4n) is 1.43. The molecule has 0 aliphatic heterocycles. The molecule has 0 fully saturated rings. The van der Waals surface area contributed by atoms with E-state index in [0.29, 0.717) is 0 Å². The summed E-state index contributed by atoms with van der Waals surface area (Å²) in [4.78, 5) is 4.31. The van der Waals surface area contributed by atoms with Crippen molar-refractivity contribution in [3.05, 3.63) is 12.4 Å². The molecule has 1 aromatic rings. The van der Waals surface area contributed by atoms with Crippen molar-refractivity contribution >= 4 is 5.95 Å². The molecule has 0 aliphatic rings. The lowest BCUT2D eigenvalue weighted by atomic mass is 10.1. The summed E-state index contributed by atoms with van der Waals surface area (Å²) in [5, 5.41) is 3.38. The zero-order chi connectivity index (χ0) is 12.0. The van der Waals surface area contributed by atoms with Crippen LogP contribution in [0.2, 0.25) is 0 Å². The smallest absolute Gasteiger partial charge is 0.203 e. The van der Waals surface area contributed by atoms with Gasteiger partial charge in [0.25, 0.3) is 0 Å². The summed E-state index contributed by atoms with van der Waals surface area (Å²) >= 11 is 0. The minimum absolute atomic E-state index is 0.0447. The summed E-state index contributed by atoms with van der Waals surface area (Å²) in [5.41, 5.74) is 0.0447. The second-order valence-corrected chi connectivity index (χ2v) is 4.87. The maximum atomic E-state index is 5.32. The highest BCUT2D eigenvalue weighted by Crippen LogP contribution is 2.12. The topological polar surface area (TPSA) is 39.1 Å². The summed E-state index contributed by atoms with van der Waals surface area (Å²) < 4.78 is 7.45. The molecule has 4 heteroatoms. The number of hydrogen-bond acceptors (Lipinski definition) is 3. The van der Waals surface area contributed by atoms with Gasteiger partial charge in [0.05, 0.1) is 0 Å². The van der Waals surface area contributed by atoms with E-state index in [1.54, 1.807) is 0 Å². The molecule has 0 unspecified atom stereocenters. The average molecular weight is 225 g/mol. The number of ether oxygens (including phenoxy) is 1. The molecule has 0 saturated carbocycles. The summed E-state index contributed by atoms with van der Waals surface area (Å²) in [7, 11) is 0. The van der Waals surface area contributed by atoms with Gasteiger partial charge in [-0.1, -0.05) is 0 Å². The molecule has 0 saturated heterocycles. The second kappa shape index (κ2) is 5.89. The van der Waals surface area contributed by atoms with E-state index in [9.17, 15) is 0 Å². The molecule has 1 aromatic heterocycles. The lowest BCUT2D eigenvalue weighted by molar-refractivity contribution is 0.142. The Labute approximate surface area is 98.0 Å². The van der Waals surface area contributed by atoms with Gasteiger partial charge in [0.15, 0.2) is 0 Å². The Morgan fingerprint density at radius 1 is 1.44 bits per heavy atom. The number of nitrogens with one attached hydrogen (secondary N) is 1. The summed E-state index contributed by atoms with van der Waals surface area (Å²) in [5.74, 6) is 0.934. The minimum Gasteiger partial charge on any atom is -0.382 e. The first-order chi connectivity index (χ1) is 7.53. The van der Waals surface area contributed by atoms with Crippen molar-refractivity contribution in [2.75, 3.05) is 18.5 Å². The Kier molecular flexibility index (Phi) is 4.80. The lowest BCUT2D eigenvalue weighted by Gasteiger charge is -2.22. The molecule has 0 aromatic carbocycles. The van der Waals surface area contributed by atoms with Gasteiger partial charge in [-0.25, -0.2) is 4.98 Å². The largest absolute Gasteiger partial charge is 0.382 e. The minimum atomic E-state index is 0.0447. The summed E-state index contributed by atoms with van der Waals surface area (Å²) in [6.45, 7) is 11.0. The van der Waals surface area contributed by atoms with Crippen LogP contribution in [0.4, 0.5) is 5.95 Å². The number of imidazole rings is 1. The van der Waals surface area contributed by atoms with E-state index in [1.165, 1.54) is 0 Å². The fourth-order valence-corrected chi connectivity index (χ4v) is 1.43. The van der Waals surface area contributed by atoms with Crippen molar-refractivity contribution in [3.63, 3.8) is 0 Å². The van der Waals surface area contributed by atoms with Gasteiger partial charge in [0.1, 0.15) is 0 Å². The Bertz CT molecular complexity index is 301. The zero-order valence-corrected chi connectivity index (χ0v) is 10.8. The third-order valence-corrected chi connectivity index (χ3v) is 2.09. The Morgan fingerprint density at radius 2 is 2.19 bits per heavy atom. The van der Waals surface area contributed by atoms with Crippen LogP contribution in [0, 0.1) is 0 Å². The SMILES string of the molecule is CCOCCCn1ccnc1NC(C)(C)C. The van der Waals surface area contributed by atoms with Crippen LogP contribution < -0.4 is 5.32 Å². The predicted molar refractivity (Wildman–Crippen MR) is 66.7 cm³/mol. The highest BCUT2D eigenvalue weighted by atomic mass is 16.5. The maximum absolute atomic E-state index is 5.32. The van der Waals surface area contributed by atoms with E-state index < -0.39 is 0 Å². The van der Waals surface area contributed by atoms with E-state index in [2.05, 4.69) is 35.6 Å².